The van der Waals surface area contributed by atoms with Crippen molar-refractivity contribution < 1.29 is 13.5 Å². The van der Waals surface area contributed by atoms with E-state index in [2.05, 4.69) is 0 Å². The molecule has 1 rings (SSSR count). The van der Waals surface area contributed by atoms with E-state index in [0.29, 0.717) is 17.9 Å². The van der Waals surface area contributed by atoms with Gasteiger partial charge in [-0.2, -0.15) is 0 Å². The fourth-order valence-corrected chi connectivity index (χ4v) is 2.44. The minimum absolute atomic E-state index is 0.0311. The number of aliphatic hydroxyl groups is 1. The molecule has 3 N–H and O–H groups in total. The molecule has 1 unspecified atom stereocenters. The second-order valence-corrected chi connectivity index (χ2v) is 6.31. The van der Waals surface area contributed by atoms with Crippen molar-refractivity contribution in [2.24, 2.45) is 11.7 Å². The highest BCUT2D eigenvalue weighted by Crippen LogP contribution is 2.14. The summed E-state index contributed by atoms with van der Waals surface area (Å²) in [6, 6.07) is 6.78. The van der Waals surface area contributed by atoms with E-state index in [9.17, 15) is 8.42 Å². The summed E-state index contributed by atoms with van der Waals surface area (Å²) in [6.45, 7) is 2.09. The minimum atomic E-state index is -3.13. The summed E-state index contributed by atoms with van der Waals surface area (Å²) in [6.07, 6.45) is 0.666. The van der Waals surface area contributed by atoms with Crippen LogP contribution in [0.2, 0.25) is 0 Å². The topological polar surface area (TPSA) is 80.4 Å². The number of benzene rings is 1. The van der Waals surface area contributed by atoms with Gasteiger partial charge < -0.3 is 10.8 Å². The Morgan fingerprint density at radius 1 is 1.29 bits per heavy atom. The van der Waals surface area contributed by atoms with E-state index in [-0.39, 0.29) is 18.3 Å². The lowest BCUT2D eigenvalue weighted by atomic mass is 10.0. The zero-order chi connectivity index (χ0) is 12.9. The average molecular weight is 257 g/mol. The Hall–Kier alpha value is -0.910. The summed E-state index contributed by atoms with van der Waals surface area (Å²) in [5.41, 5.74) is 6.49. The molecule has 0 bridgehead atoms. The molecule has 0 fully saturated rings. The van der Waals surface area contributed by atoms with E-state index in [1.807, 2.05) is 0 Å². The quantitative estimate of drug-likeness (QED) is 0.781. The highest BCUT2D eigenvalue weighted by Gasteiger charge is 2.12. The second-order valence-electron chi connectivity index (χ2n) is 4.04. The van der Waals surface area contributed by atoms with Crippen LogP contribution in [-0.4, -0.2) is 32.4 Å². The average Bonchev–Trinajstić information content (AvgIpc) is 2.36. The SMILES string of the molecule is CCS(=O)(=O)c1ccc(CC(CN)CO)cc1. The predicted molar refractivity (Wildman–Crippen MR) is 67.5 cm³/mol. The number of hydrogen-bond donors (Lipinski definition) is 2. The standard InChI is InChI=1S/C12H19NO3S/c1-2-17(15,16)12-5-3-10(4-6-12)7-11(8-13)9-14/h3-6,11,14H,2,7-9,13H2,1H3. The van der Waals surface area contributed by atoms with Gasteiger partial charge >= 0.3 is 0 Å². The molecule has 0 aliphatic rings. The maximum absolute atomic E-state index is 11.6. The molecule has 17 heavy (non-hydrogen) atoms. The number of aliphatic hydroxyl groups excluding tert-OH is 1. The first-order chi connectivity index (χ1) is 8.03. The van der Waals surface area contributed by atoms with Crippen LogP contribution >= 0.6 is 0 Å². The molecule has 1 aromatic rings. The van der Waals surface area contributed by atoms with E-state index in [1.54, 1.807) is 31.2 Å². The van der Waals surface area contributed by atoms with E-state index in [0.717, 1.165) is 5.56 Å². The molecule has 0 heterocycles. The molecular weight excluding hydrogens is 238 g/mol. The Labute approximate surface area is 102 Å². The van der Waals surface area contributed by atoms with Gasteiger partial charge in [0.15, 0.2) is 9.84 Å². The van der Waals surface area contributed by atoms with E-state index in [1.165, 1.54) is 0 Å². The third kappa shape index (κ3) is 3.80. The molecule has 4 nitrogen and oxygen atoms in total. The fourth-order valence-electron chi connectivity index (χ4n) is 1.56. The van der Waals surface area contributed by atoms with Gasteiger partial charge in [0.2, 0.25) is 0 Å². The third-order valence-corrected chi connectivity index (χ3v) is 4.53. The van der Waals surface area contributed by atoms with Gasteiger partial charge in [-0.1, -0.05) is 19.1 Å². The van der Waals surface area contributed by atoms with Crippen LogP contribution in [0.1, 0.15) is 12.5 Å². The van der Waals surface area contributed by atoms with E-state index in [4.69, 9.17) is 10.8 Å². The normalized spacial score (nSPS) is 13.6. The Kier molecular flexibility index (Phi) is 5.11. The van der Waals surface area contributed by atoms with Crippen LogP contribution < -0.4 is 5.73 Å². The largest absolute Gasteiger partial charge is 0.396 e. The van der Waals surface area contributed by atoms with Crippen molar-refractivity contribution in [1.82, 2.24) is 0 Å². The van der Waals surface area contributed by atoms with Crippen LogP contribution in [0.4, 0.5) is 0 Å². The maximum Gasteiger partial charge on any atom is 0.178 e. The van der Waals surface area contributed by atoms with Gasteiger partial charge in [0.05, 0.1) is 10.6 Å². The summed E-state index contributed by atoms with van der Waals surface area (Å²) in [5.74, 6) is 0.137. The molecule has 1 aromatic carbocycles. The smallest absolute Gasteiger partial charge is 0.178 e. The summed E-state index contributed by atoms with van der Waals surface area (Å²) in [7, 11) is -3.13. The lowest BCUT2D eigenvalue weighted by Crippen LogP contribution is -2.20. The van der Waals surface area contributed by atoms with Gasteiger partial charge in [-0.3, -0.25) is 0 Å². The molecule has 0 aliphatic heterocycles. The van der Waals surface area contributed by atoms with E-state index >= 15 is 0 Å². The molecule has 0 amide bonds. The Bertz CT molecular complexity index is 435. The lowest BCUT2D eigenvalue weighted by molar-refractivity contribution is 0.230. The maximum atomic E-state index is 11.6. The van der Waals surface area contributed by atoms with E-state index < -0.39 is 9.84 Å². The molecule has 0 saturated carbocycles. The van der Waals surface area contributed by atoms with Crippen molar-refractivity contribution in [1.29, 1.82) is 0 Å². The third-order valence-electron chi connectivity index (χ3n) is 2.78. The minimum Gasteiger partial charge on any atom is -0.396 e. The van der Waals surface area contributed by atoms with Crippen molar-refractivity contribution >= 4 is 9.84 Å². The van der Waals surface area contributed by atoms with Gasteiger partial charge in [0.1, 0.15) is 0 Å². The summed E-state index contributed by atoms with van der Waals surface area (Å²) in [4.78, 5) is 0.344. The zero-order valence-electron chi connectivity index (χ0n) is 9.96. The lowest BCUT2D eigenvalue weighted by Gasteiger charge is -2.11. The van der Waals surface area contributed by atoms with Crippen LogP contribution in [0.25, 0.3) is 0 Å². The number of rotatable bonds is 6. The highest BCUT2D eigenvalue weighted by atomic mass is 32.2. The van der Waals surface area contributed by atoms with Gasteiger partial charge in [-0.25, -0.2) is 8.42 Å². The molecule has 1 atom stereocenters. The first-order valence-electron chi connectivity index (χ1n) is 5.66. The van der Waals surface area contributed by atoms with Crippen LogP contribution in [0, 0.1) is 5.92 Å². The first kappa shape index (κ1) is 14.2. The first-order valence-corrected chi connectivity index (χ1v) is 7.31. The van der Waals surface area contributed by atoms with Crippen LogP contribution in [0.5, 0.6) is 0 Å². The summed E-state index contributed by atoms with van der Waals surface area (Å²) >= 11 is 0. The van der Waals surface area contributed by atoms with Crippen molar-refractivity contribution in [3.8, 4) is 0 Å². The second kappa shape index (κ2) is 6.14. The highest BCUT2D eigenvalue weighted by molar-refractivity contribution is 7.91. The van der Waals surface area contributed by atoms with Crippen molar-refractivity contribution in [3.63, 3.8) is 0 Å². The molecule has 0 aliphatic carbocycles. The number of nitrogens with two attached hydrogens (primary N) is 1. The Balaban J connectivity index is 2.82. The van der Waals surface area contributed by atoms with Gasteiger partial charge in [-0.15, -0.1) is 0 Å². The molecule has 96 valence electrons. The Morgan fingerprint density at radius 3 is 2.29 bits per heavy atom. The van der Waals surface area contributed by atoms with Gasteiger partial charge in [0.25, 0.3) is 0 Å². The molecular formula is C12H19NO3S. The van der Waals surface area contributed by atoms with Crippen LogP contribution in [-0.2, 0) is 16.3 Å². The number of hydrogen-bond acceptors (Lipinski definition) is 4. The molecule has 0 spiro atoms. The molecule has 5 heteroatoms. The molecule has 0 aromatic heterocycles. The molecule has 0 saturated heterocycles. The van der Waals surface area contributed by atoms with Gasteiger partial charge in [-0.05, 0) is 36.6 Å². The Morgan fingerprint density at radius 2 is 1.88 bits per heavy atom. The fraction of sp³-hybridized carbons (Fsp3) is 0.500. The summed E-state index contributed by atoms with van der Waals surface area (Å²) in [5, 5.41) is 9.03. The monoisotopic (exact) mass is 257 g/mol. The van der Waals surface area contributed by atoms with Crippen LogP contribution in [0.3, 0.4) is 0 Å². The summed E-state index contributed by atoms with van der Waals surface area (Å²) < 4.78 is 23.2. The van der Waals surface area contributed by atoms with Crippen molar-refractivity contribution in [3.05, 3.63) is 29.8 Å². The van der Waals surface area contributed by atoms with Crippen molar-refractivity contribution in [2.45, 2.75) is 18.2 Å². The number of sulfone groups is 1. The predicted octanol–water partition coefficient (Wildman–Crippen LogP) is 0.590. The van der Waals surface area contributed by atoms with Crippen LogP contribution in [0.15, 0.2) is 29.2 Å². The van der Waals surface area contributed by atoms with Gasteiger partial charge in [0, 0.05) is 6.61 Å². The molecule has 0 radical (unpaired) electrons. The van der Waals surface area contributed by atoms with Crippen molar-refractivity contribution in [2.75, 3.05) is 18.9 Å². The zero-order valence-corrected chi connectivity index (χ0v) is 10.8.